The molecule has 3 aliphatic rings. The van der Waals surface area contributed by atoms with E-state index in [0.717, 1.165) is 28.3 Å². The average molecular weight is 1890 g/mol. The summed E-state index contributed by atoms with van der Waals surface area (Å²) < 4.78 is 360. The number of rotatable bonds is 50. The molecular weight excluding hydrogens is 1790 g/mol. The van der Waals surface area contributed by atoms with Crippen molar-refractivity contribution in [2.45, 2.75) is 219 Å². The summed E-state index contributed by atoms with van der Waals surface area (Å²) in [7, 11) is 0. The molecule has 0 unspecified atom stereocenters. The number of ether oxygens (including phenoxy) is 17. The Morgan fingerprint density at radius 2 is 0.526 bits per heavy atom. The Bertz CT molecular complexity index is 4910. The average Bonchev–Trinajstić information content (AvgIpc) is 0.693. The Hall–Kier alpha value is -9.64. The maximum Gasteiger partial charge on any atom is 0.460 e. The second-order valence-corrected chi connectivity index (χ2v) is 31.6. The van der Waals surface area contributed by atoms with Gasteiger partial charge in [0.2, 0.25) is 0 Å². The molecule has 0 aromatic heterocycles. The highest BCUT2D eigenvalue weighted by molar-refractivity contribution is 5.66. The molecule has 133 heavy (non-hydrogen) atoms. The normalized spacial score (nSPS) is 23.1. The summed E-state index contributed by atoms with van der Waals surface area (Å²) in [4.78, 5) is 14.2. The van der Waals surface area contributed by atoms with Crippen molar-refractivity contribution in [2.75, 3.05) is 39.6 Å². The standard InChI is InChI=1S/C98H99F17O18/c1-66(116)128-86-83(126-61-74-46-25-9-26-47-74)80(123-58-71-40-19-6-20-41-71)77(64-119-55-68-34-13-3-14-35-68)130-89(86)133-87-84(127-62-75-48-27-10-28-49-75)81(124-59-72-42-21-7-22-43-72)78(65-120-56-69-36-15-4-16-37-69)131-90(87)132-85-82(125-60-73-44-23-8-24-45-73)79(122-57-70-38-17-5-18-39-70)76(63-118-54-67-32-11-2-12-33-67)129-88(85)121-53-30-29-51-117-52-31-50-91(99,100)92(101,102)93(103,104)94(105,106)95(107,108)96(109,110)97(111,112)98(113,114)115/h2-30,32-49,76-90H,31,50-65H2,1H3/b30-29-/t76-,77-,78-,79-,80-,81-,82+,83+,84+,85+,86+,87+,88+,89-,90-/m1/s1. The lowest BCUT2D eigenvalue weighted by atomic mass is 9.88. The third-order valence-corrected chi connectivity index (χ3v) is 21.9. The van der Waals surface area contributed by atoms with Crippen LogP contribution in [0.3, 0.4) is 0 Å². The lowest BCUT2D eigenvalue weighted by molar-refractivity contribution is -0.461. The molecule has 15 atom stereocenters. The minimum atomic E-state index is -8.77. The third kappa shape index (κ3) is 26.6. The first-order chi connectivity index (χ1) is 63.8. The SMILES string of the molecule is CC(=O)O[C@@H]1[C@@H](O[C@@H]2[C@@H](O[C@@H]3[C@@H](OC/C=C\COCCCC(F)(F)C(F)(F)C(F)(F)C(F)(F)C(F)(F)C(F)(F)C(F)(F)C(F)(F)F)O[C@H](COCc4ccccc4)[C@@H](OCc4ccccc4)[C@@H]3OCc3ccccc3)O[C@H](COCc3ccccc3)[C@@H](OCc3ccccc3)[C@@H]2OCc2ccccc2)O[C@H](COCc2ccccc2)[C@@H](OCc2ccccc2)[C@@H]1OCc1ccccc1. The van der Waals surface area contributed by atoms with Crippen molar-refractivity contribution >= 4 is 5.97 Å². The van der Waals surface area contributed by atoms with Crippen LogP contribution in [-0.2, 0) is 145 Å². The summed E-state index contributed by atoms with van der Waals surface area (Å²) in [6.45, 7) is -2.48. The Balaban J connectivity index is 0.949. The van der Waals surface area contributed by atoms with Gasteiger partial charge in [-0.05, 0) is 56.5 Å². The van der Waals surface area contributed by atoms with Crippen LogP contribution in [0.1, 0.15) is 69.8 Å². The van der Waals surface area contributed by atoms with E-state index in [2.05, 4.69) is 0 Å². The van der Waals surface area contributed by atoms with E-state index in [1.807, 2.05) is 218 Å². The zero-order chi connectivity index (χ0) is 94.7. The van der Waals surface area contributed by atoms with Gasteiger partial charge in [0.15, 0.2) is 25.0 Å². The maximum atomic E-state index is 15.1. The van der Waals surface area contributed by atoms with Gasteiger partial charge in [-0.15, -0.1) is 0 Å². The van der Waals surface area contributed by atoms with Gasteiger partial charge in [-0.3, -0.25) is 4.79 Å². The summed E-state index contributed by atoms with van der Waals surface area (Å²) in [5, 5.41) is 0. The van der Waals surface area contributed by atoms with Crippen molar-refractivity contribution in [3.05, 3.63) is 335 Å². The number of esters is 1. The molecule has 0 N–H and O–H groups in total. The Labute approximate surface area is 756 Å². The fourth-order valence-corrected chi connectivity index (χ4v) is 14.9. The topological polar surface area (TPSA) is 174 Å². The molecule has 0 saturated carbocycles. The number of hydrogen-bond donors (Lipinski definition) is 0. The summed E-state index contributed by atoms with van der Waals surface area (Å²) in [6, 6.07) is 82.4. The summed E-state index contributed by atoms with van der Waals surface area (Å²) >= 11 is 0. The first-order valence-electron chi connectivity index (χ1n) is 42.5. The molecule has 3 heterocycles. The van der Waals surface area contributed by atoms with Crippen LogP contribution < -0.4 is 0 Å². The van der Waals surface area contributed by atoms with Gasteiger partial charge in [-0.2, -0.15) is 74.6 Å². The van der Waals surface area contributed by atoms with Crippen LogP contribution in [0.4, 0.5) is 74.6 Å². The van der Waals surface area contributed by atoms with E-state index >= 15 is 8.78 Å². The Morgan fingerprint density at radius 3 is 0.827 bits per heavy atom. The van der Waals surface area contributed by atoms with E-state index in [4.69, 9.17) is 80.5 Å². The lowest BCUT2D eigenvalue weighted by Gasteiger charge is -2.52. The van der Waals surface area contributed by atoms with Crippen molar-refractivity contribution in [3.63, 3.8) is 0 Å². The zero-order valence-electron chi connectivity index (χ0n) is 71.6. The van der Waals surface area contributed by atoms with Crippen LogP contribution in [0.15, 0.2) is 285 Å². The predicted octanol–water partition coefficient (Wildman–Crippen LogP) is 20.4. The molecule has 718 valence electrons. The molecular formula is C98H99F17O18. The molecule has 18 nitrogen and oxygen atoms in total. The molecule has 12 rings (SSSR count). The highest BCUT2D eigenvalue weighted by Gasteiger charge is 2.95. The highest BCUT2D eigenvalue weighted by Crippen LogP contribution is 2.64. The quantitative estimate of drug-likeness (QED) is 0.0152. The van der Waals surface area contributed by atoms with Gasteiger partial charge in [-0.1, -0.05) is 285 Å². The van der Waals surface area contributed by atoms with Crippen LogP contribution in [0.5, 0.6) is 0 Å². The molecule has 0 radical (unpaired) electrons. The minimum absolute atomic E-state index is 0.0133. The fraction of sp³-hybridized carbons (Fsp3) is 0.418. The van der Waals surface area contributed by atoms with Crippen molar-refractivity contribution in [1.82, 2.24) is 0 Å². The molecule has 35 heteroatoms. The largest absolute Gasteiger partial charge is 0.460 e. The molecule has 3 saturated heterocycles. The Morgan fingerprint density at radius 1 is 0.278 bits per heavy atom. The molecule has 0 aliphatic carbocycles. The maximum absolute atomic E-state index is 15.1. The number of halogens is 17. The smallest absolute Gasteiger partial charge is 0.454 e. The van der Waals surface area contributed by atoms with E-state index in [-0.39, 0.29) is 79.3 Å². The lowest BCUT2D eigenvalue weighted by Crippen LogP contribution is -2.74. The van der Waals surface area contributed by atoms with Gasteiger partial charge in [0.05, 0.1) is 92.5 Å². The van der Waals surface area contributed by atoms with Crippen LogP contribution in [0.2, 0.25) is 0 Å². The summed E-state index contributed by atoms with van der Waals surface area (Å²) in [5.41, 5.74) is 6.47. The highest BCUT2D eigenvalue weighted by atomic mass is 19.4. The van der Waals surface area contributed by atoms with Gasteiger partial charge in [-0.25, -0.2) is 0 Å². The van der Waals surface area contributed by atoms with Gasteiger partial charge in [0, 0.05) is 20.0 Å². The molecule has 0 bridgehead atoms. The Kier molecular flexibility index (Phi) is 36.7. The second kappa shape index (κ2) is 47.7. The van der Waals surface area contributed by atoms with Crippen molar-refractivity contribution in [3.8, 4) is 0 Å². The van der Waals surface area contributed by atoms with Crippen molar-refractivity contribution < 1.29 is 160 Å². The van der Waals surface area contributed by atoms with Gasteiger partial charge < -0.3 is 80.5 Å². The van der Waals surface area contributed by atoms with E-state index in [0.29, 0.717) is 27.8 Å². The number of carbonyl (C=O) groups excluding carboxylic acids is 1. The summed E-state index contributed by atoms with van der Waals surface area (Å²) in [6.07, 6.45) is -31.2. The van der Waals surface area contributed by atoms with Crippen LogP contribution in [0, 0.1) is 0 Å². The van der Waals surface area contributed by atoms with Crippen LogP contribution >= 0.6 is 0 Å². The first kappa shape index (κ1) is 102. The molecule has 9 aromatic rings. The number of benzene rings is 9. The van der Waals surface area contributed by atoms with Crippen LogP contribution in [-0.4, -0.2) is 185 Å². The third-order valence-electron chi connectivity index (χ3n) is 21.9. The molecule has 3 aliphatic heterocycles. The van der Waals surface area contributed by atoms with E-state index in [1.165, 1.54) is 13.0 Å². The number of carbonyl (C=O) groups is 1. The van der Waals surface area contributed by atoms with Gasteiger partial charge >= 0.3 is 53.6 Å². The second-order valence-electron chi connectivity index (χ2n) is 31.6. The molecule has 0 amide bonds. The van der Waals surface area contributed by atoms with Crippen LogP contribution in [0.25, 0.3) is 0 Å². The minimum Gasteiger partial charge on any atom is -0.454 e. The van der Waals surface area contributed by atoms with Gasteiger partial charge in [0.25, 0.3) is 0 Å². The fourth-order valence-electron chi connectivity index (χ4n) is 14.9. The molecule has 3 fully saturated rings. The first-order valence-corrected chi connectivity index (χ1v) is 42.5. The molecule has 9 aromatic carbocycles. The number of hydrogen-bond acceptors (Lipinski definition) is 18. The molecule has 0 spiro atoms. The van der Waals surface area contributed by atoms with Crippen molar-refractivity contribution in [1.29, 1.82) is 0 Å². The van der Waals surface area contributed by atoms with E-state index in [9.17, 15) is 70.7 Å². The number of alkyl halides is 17. The predicted molar refractivity (Wildman–Crippen MR) is 446 cm³/mol. The van der Waals surface area contributed by atoms with Gasteiger partial charge in [0.1, 0.15) is 67.1 Å². The monoisotopic (exact) mass is 1890 g/mol. The van der Waals surface area contributed by atoms with E-state index in [1.54, 1.807) is 54.6 Å². The van der Waals surface area contributed by atoms with Crippen molar-refractivity contribution in [2.24, 2.45) is 0 Å². The summed E-state index contributed by atoms with van der Waals surface area (Å²) in [5.74, 6) is -58.2. The van der Waals surface area contributed by atoms with E-state index < -0.39 is 178 Å². The zero-order valence-corrected chi connectivity index (χ0v) is 71.6.